The maximum absolute atomic E-state index is 12.3. The third kappa shape index (κ3) is 3.71. The highest BCUT2D eigenvalue weighted by molar-refractivity contribution is 8.13. The number of carbonyl (C=O) groups excluding carboxylic acids is 1. The van der Waals surface area contributed by atoms with E-state index in [4.69, 9.17) is 22.3 Å². The van der Waals surface area contributed by atoms with Gasteiger partial charge in [0.2, 0.25) is 0 Å². The Hall–Kier alpha value is -0.780. The Kier molecular flexibility index (Phi) is 4.85. The van der Waals surface area contributed by atoms with Gasteiger partial charge in [-0.1, -0.05) is 18.0 Å². The summed E-state index contributed by atoms with van der Waals surface area (Å²) in [6.45, 7) is 3.51. The van der Waals surface area contributed by atoms with Crippen molar-refractivity contribution < 1.29 is 13.2 Å². The molecule has 0 bridgehead atoms. The molecule has 0 aromatic heterocycles. The Morgan fingerprint density at radius 2 is 2.00 bits per heavy atom. The zero-order valence-corrected chi connectivity index (χ0v) is 14.1. The fourth-order valence-electron chi connectivity index (χ4n) is 2.49. The lowest BCUT2D eigenvalue weighted by atomic mass is 9.80. The highest BCUT2D eigenvalue weighted by Crippen LogP contribution is 2.30. The van der Waals surface area contributed by atoms with Crippen LogP contribution in [-0.2, 0) is 9.05 Å². The Bertz CT molecular complexity index is 669. The molecule has 1 aliphatic carbocycles. The number of benzene rings is 1. The molecule has 1 unspecified atom stereocenters. The zero-order valence-electron chi connectivity index (χ0n) is 11.8. The van der Waals surface area contributed by atoms with Crippen LogP contribution in [0.25, 0.3) is 0 Å². The molecule has 1 fully saturated rings. The summed E-state index contributed by atoms with van der Waals surface area (Å²) in [6, 6.07) is 2.78. The van der Waals surface area contributed by atoms with Gasteiger partial charge in [0.15, 0.2) is 0 Å². The van der Waals surface area contributed by atoms with Crippen molar-refractivity contribution in [2.75, 3.05) is 0 Å². The number of carbonyl (C=O) groups is 1. The average Bonchev–Trinajstić information content (AvgIpc) is 2.27. The number of rotatable bonds is 4. The summed E-state index contributed by atoms with van der Waals surface area (Å²) < 4.78 is 23.1. The Morgan fingerprint density at radius 3 is 2.48 bits per heavy atom. The van der Waals surface area contributed by atoms with Crippen LogP contribution in [0, 0.1) is 12.8 Å². The van der Waals surface area contributed by atoms with Crippen LogP contribution < -0.4 is 5.32 Å². The molecule has 0 saturated heterocycles. The molecule has 0 aliphatic heterocycles. The molecule has 2 rings (SSSR count). The summed E-state index contributed by atoms with van der Waals surface area (Å²) in [6.07, 6.45) is 3.41. The fourth-order valence-corrected chi connectivity index (χ4v) is 3.99. The number of hydrogen-bond acceptors (Lipinski definition) is 3. The molecule has 116 valence electrons. The second-order valence-corrected chi connectivity index (χ2v) is 8.44. The summed E-state index contributed by atoms with van der Waals surface area (Å²) in [5.74, 6) is 0.167. The summed E-state index contributed by atoms with van der Waals surface area (Å²) in [4.78, 5) is 12.2. The van der Waals surface area contributed by atoms with Gasteiger partial charge in [0.05, 0.1) is 4.90 Å². The number of amides is 1. The third-order valence-electron chi connectivity index (χ3n) is 4.05. The number of halogens is 2. The molecule has 1 atom stereocenters. The van der Waals surface area contributed by atoms with E-state index >= 15 is 0 Å². The SMILES string of the molecule is Cc1c(C(=O)NC(C)C2CCC2)cc(Cl)cc1S(=O)(=O)Cl. The predicted octanol–water partition coefficient (Wildman–Crippen LogP) is 3.49. The Morgan fingerprint density at radius 1 is 1.38 bits per heavy atom. The maximum Gasteiger partial charge on any atom is 0.261 e. The van der Waals surface area contributed by atoms with Crippen molar-refractivity contribution in [2.24, 2.45) is 5.92 Å². The van der Waals surface area contributed by atoms with E-state index in [1.165, 1.54) is 18.6 Å². The molecule has 1 amide bonds. The first-order valence-electron chi connectivity index (χ1n) is 6.76. The van der Waals surface area contributed by atoms with Gasteiger partial charge in [-0.3, -0.25) is 4.79 Å². The van der Waals surface area contributed by atoms with E-state index in [2.05, 4.69) is 5.32 Å². The molecule has 1 aromatic rings. The first-order valence-corrected chi connectivity index (χ1v) is 9.44. The van der Waals surface area contributed by atoms with Crippen LogP contribution >= 0.6 is 22.3 Å². The minimum Gasteiger partial charge on any atom is -0.349 e. The predicted molar refractivity (Wildman–Crippen MR) is 83.5 cm³/mol. The van der Waals surface area contributed by atoms with Crippen molar-refractivity contribution in [1.82, 2.24) is 5.32 Å². The van der Waals surface area contributed by atoms with E-state index < -0.39 is 9.05 Å². The topological polar surface area (TPSA) is 63.2 Å². The van der Waals surface area contributed by atoms with Crippen molar-refractivity contribution in [1.29, 1.82) is 0 Å². The smallest absolute Gasteiger partial charge is 0.261 e. The summed E-state index contributed by atoms with van der Waals surface area (Å²) in [5, 5.41) is 3.08. The van der Waals surface area contributed by atoms with E-state index in [1.807, 2.05) is 6.92 Å². The fraction of sp³-hybridized carbons (Fsp3) is 0.500. The Balaban J connectivity index is 2.30. The number of hydrogen-bond donors (Lipinski definition) is 1. The van der Waals surface area contributed by atoms with E-state index in [9.17, 15) is 13.2 Å². The van der Waals surface area contributed by atoms with Crippen LogP contribution in [0.2, 0.25) is 5.02 Å². The molecule has 4 nitrogen and oxygen atoms in total. The summed E-state index contributed by atoms with van der Waals surface area (Å²) >= 11 is 5.91. The molecule has 0 heterocycles. The average molecular weight is 350 g/mol. The minimum atomic E-state index is -3.94. The highest BCUT2D eigenvalue weighted by atomic mass is 35.7. The van der Waals surface area contributed by atoms with Crippen molar-refractivity contribution in [3.05, 3.63) is 28.3 Å². The monoisotopic (exact) mass is 349 g/mol. The van der Waals surface area contributed by atoms with Crippen molar-refractivity contribution in [3.63, 3.8) is 0 Å². The maximum atomic E-state index is 12.3. The van der Waals surface area contributed by atoms with Crippen LogP contribution in [-0.4, -0.2) is 20.4 Å². The van der Waals surface area contributed by atoms with Gasteiger partial charge in [0.25, 0.3) is 15.0 Å². The van der Waals surface area contributed by atoms with Gasteiger partial charge >= 0.3 is 0 Å². The van der Waals surface area contributed by atoms with E-state index in [0.29, 0.717) is 11.5 Å². The molecule has 1 aliphatic rings. The second-order valence-electron chi connectivity index (χ2n) is 5.47. The zero-order chi connectivity index (χ0) is 15.8. The molecule has 7 heteroatoms. The second kappa shape index (κ2) is 6.15. The van der Waals surface area contributed by atoms with Crippen LogP contribution in [0.4, 0.5) is 0 Å². The molecule has 1 saturated carbocycles. The van der Waals surface area contributed by atoms with Gasteiger partial charge < -0.3 is 5.32 Å². The van der Waals surface area contributed by atoms with Gasteiger partial charge in [-0.25, -0.2) is 8.42 Å². The lowest BCUT2D eigenvalue weighted by Crippen LogP contribution is -2.41. The normalized spacial score (nSPS) is 17.1. The van der Waals surface area contributed by atoms with Gasteiger partial charge in [-0.2, -0.15) is 0 Å². The minimum absolute atomic E-state index is 0.0562. The highest BCUT2D eigenvalue weighted by Gasteiger charge is 2.27. The van der Waals surface area contributed by atoms with E-state index in [0.717, 1.165) is 12.8 Å². The molecule has 21 heavy (non-hydrogen) atoms. The third-order valence-corrected chi connectivity index (χ3v) is 5.71. The van der Waals surface area contributed by atoms with Crippen LogP contribution in [0.15, 0.2) is 17.0 Å². The lowest BCUT2D eigenvalue weighted by molar-refractivity contribution is 0.0908. The van der Waals surface area contributed by atoms with Gasteiger partial charge in [0.1, 0.15) is 0 Å². The lowest BCUT2D eigenvalue weighted by Gasteiger charge is -2.32. The van der Waals surface area contributed by atoms with Crippen LogP contribution in [0.3, 0.4) is 0 Å². The molecular formula is C14H17Cl2NO3S. The quantitative estimate of drug-likeness (QED) is 0.846. The van der Waals surface area contributed by atoms with Gasteiger partial charge in [-0.05, 0) is 50.3 Å². The van der Waals surface area contributed by atoms with Crippen molar-refractivity contribution in [2.45, 2.75) is 44.0 Å². The summed E-state index contributed by atoms with van der Waals surface area (Å²) in [7, 11) is 1.44. The van der Waals surface area contributed by atoms with Crippen molar-refractivity contribution >= 4 is 37.2 Å². The molecule has 1 aromatic carbocycles. The van der Waals surface area contributed by atoms with Crippen LogP contribution in [0.5, 0.6) is 0 Å². The van der Waals surface area contributed by atoms with E-state index in [1.54, 1.807) is 6.92 Å². The largest absolute Gasteiger partial charge is 0.349 e. The number of nitrogens with one attached hydrogen (secondary N) is 1. The standard InChI is InChI=1S/C14H17Cl2NO3S/c1-8-12(6-11(15)7-13(8)21(16,19)20)14(18)17-9(2)10-4-3-5-10/h6-7,9-10H,3-5H2,1-2H3,(H,17,18). The first-order chi connectivity index (χ1) is 9.70. The van der Waals surface area contributed by atoms with Gasteiger partial charge in [-0.15, -0.1) is 0 Å². The van der Waals surface area contributed by atoms with Crippen molar-refractivity contribution in [3.8, 4) is 0 Å². The van der Waals surface area contributed by atoms with Gasteiger partial charge in [0, 0.05) is 27.3 Å². The van der Waals surface area contributed by atoms with E-state index in [-0.39, 0.29) is 27.4 Å². The van der Waals surface area contributed by atoms with Crippen LogP contribution in [0.1, 0.15) is 42.1 Å². The summed E-state index contributed by atoms with van der Waals surface area (Å²) in [5.41, 5.74) is 0.556. The molecular weight excluding hydrogens is 333 g/mol. The molecule has 0 spiro atoms. The molecule has 1 N–H and O–H groups in total. The first kappa shape index (κ1) is 16.6. The Labute approximate surface area is 134 Å². The molecule has 0 radical (unpaired) electrons.